The van der Waals surface area contributed by atoms with Crippen molar-refractivity contribution in [1.29, 1.82) is 0 Å². The summed E-state index contributed by atoms with van der Waals surface area (Å²) in [6.45, 7) is 4.90. The minimum atomic E-state index is 0.557. The van der Waals surface area contributed by atoms with Crippen LogP contribution in [0.2, 0.25) is 5.15 Å². The van der Waals surface area contributed by atoms with Gasteiger partial charge in [-0.15, -0.1) is 0 Å². The molecule has 0 unspecified atom stereocenters. The fourth-order valence-corrected chi connectivity index (χ4v) is 2.83. The van der Waals surface area contributed by atoms with Crippen LogP contribution in [-0.2, 0) is 13.6 Å². The number of fused-ring (bicyclic) bond motifs is 1. The first-order valence-corrected chi connectivity index (χ1v) is 7.34. The van der Waals surface area contributed by atoms with Gasteiger partial charge in [-0.25, -0.2) is 4.98 Å². The smallest absolute Gasteiger partial charge is 0.132 e. The number of hydrogen-bond acceptors (Lipinski definition) is 2. The van der Waals surface area contributed by atoms with Crippen molar-refractivity contribution in [3.8, 4) is 0 Å². The number of anilines is 1. The molecule has 2 heterocycles. The maximum Gasteiger partial charge on any atom is 0.132 e. The lowest BCUT2D eigenvalue weighted by molar-refractivity contribution is 0.862. The van der Waals surface area contributed by atoms with Gasteiger partial charge in [0.1, 0.15) is 5.15 Å². The van der Waals surface area contributed by atoms with Gasteiger partial charge in [0.05, 0.1) is 18.4 Å². The van der Waals surface area contributed by atoms with E-state index in [9.17, 15) is 0 Å². The number of hydrogen-bond donors (Lipinski definition) is 1. The van der Waals surface area contributed by atoms with Crippen LogP contribution in [0.5, 0.6) is 0 Å². The summed E-state index contributed by atoms with van der Waals surface area (Å²) in [5.41, 5.74) is 5.83. The van der Waals surface area contributed by atoms with E-state index in [0.29, 0.717) is 5.15 Å². The molecule has 0 aliphatic carbocycles. The summed E-state index contributed by atoms with van der Waals surface area (Å²) in [4.78, 5) is 4.17. The normalized spacial score (nSPS) is 11.0. The maximum absolute atomic E-state index is 5.96. The third-order valence-electron chi connectivity index (χ3n) is 3.98. The Morgan fingerprint density at radius 2 is 2.00 bits per heavy atom. The fraction of sp³-hybridized carbons (Fsp3) is 0.235. The van der Waals surface area contributed by atoms with Crippen LogP contribution in [-0.4, -0.2) is 9.55 Å². The zero-order valence-electron chi connectivity index (χ0n) is 12.4. The first-order chi connectivity index (χ1) is 10.1. The topological polar surface area (TPSA) is 29.9 Å². The molecular formula is C17H18ClN3. The molecule has 3 aromatic rings. The second-order valence-corrected chi connectivity index (χ2v) is 5.69. The molecule has 21 heavy (non-hydrogen) atoms. The monoisotopic (exact) mass is 299 g/mol. The number of nitrogens with one attached hydrogen (secondary N) is 1. The molecule has 0 saturated carbocycles. The Labute approximate surface area is 129 Å². The molecule has 0 spiro atoms. The van der Waals surface area contributed by atoms with Crippen molar-refractivity contribution in [1.82, 2.24) is 9.55 Å². The average Bonchev–Trinajstić information content (AvgIpc) is 2.73. The van der Waals surface area contributed by atoms with Crippen LogP contribution in [0.4, 0.5) is 5.69 Å². The molecule has 0 aliphatic rings. The molecule has 3 rings (SSSR count). The predicted molar refractivity (Wildman–Crippen MR) is 89.0 cm³/mol. The van der Waals surface area contributed by atoms with Gasteiger partial charge in [0.25, 0.3) is 0 Å². The zero-order valence-corrected chi connectivity index (χ0v) is 13.2. The highest BCUT2D eigenvalue weighted by Gasteiger charge is 2.10. The van der Waals surface area contributed by atoms with Crippen molar-refractivity contribution in [2.75, 3.05) is 5.32 Å². The van der Waals surface area contributed by atoms with E-state index in [4.69, 9.17) is 11.6 Å². The van der Waals surface area contributed by atoms with Gasteiger partial charge in [0, 0.05) is 23.6 Å². The highest BCUT2D eigenvalue weighted by Crippen LogP contribution is 2.25. The number of pyridine rings is 1. The Balaban J connectivity index is 1.90. The summed E-state index contributed by atoms with van der Waals surface area (Å²) >= 11 is 5.96. The van der Waals surface area contributed by atoms with Crippen LogP contribution < -0.4 is 5.32 Å². The van der Waals surface area contributed by atoms with Crippen LogP contribution in [0.25, 0.3) is 10.9 Å². The number of rotatable bonds is 3. The molecule has 0 saturated heterocycles. The SMILES string of the molecule is Cc1cc(NCc2c(C)c3ccccc3n2C)cnc1Cl. The Bertz CT molecular complexity index is 766. The highest BCUT2D eigenvalue weighted by atomic mass is 35.5. The number of aryl methyl sites for hydroxylation is 3. The van der Waals surface area contributed by atoms with E-state index >= 15 is 0 Å². The Morgan fingerprint density at radius 3 is 2.71 bits per heavy atom. The van der Waals surface area contributed by atoms with Gasteiger partial charge in [-0.2, -0.15) is 0 Å². The molecule has 0 radical (unpaired) electrons. The average molecular weight is 300 g/mol. The van der Waals surface area contributed by atoms with Crippen molar-refractivity contribution in [3.63, 3.8) is 0 Å². The molecule has 0 aliphatic heterocycles. The van der Waals surface area contributed by atoms with Crippen molar-refractivity contribution in [2.24, 2.45) is 7.05 Å². The Kier molecular flexibility index (Phi) is 3.60. The summed E-state index contributed by atoms with van der Waals surface area (Å²) in [6, 6.07) is 10.5. The van der Waals surface area contributed by atoms with Crippen LogP contribution in [0, 0.1) is 13.8 Å². The molecule has 0 fully saturated rings. The first kappa shape index (κ1) is 14.0. The van der Waals surface area contributed by atoms with Gasteiger partial charge >= 0.3 is 0 Å². The number of benzene rings is 1. The Hall–Kier alpha value is -2.00. The van der Waals surface area contributed by atoms with Crippen molar-refractivity contribution >= 4 is 28.2 Å². The van der Waals surface area contributed by atoms with Gasteiger partial charge in [-0.05, 0) is 37.1 Å². The Morgan fingerprint density at radius 1 is 1.24 bits per heavy atom. The van der Waals surface area contributed by atoms with E-state index in [-0.39, 0.29) is 0 Å². The van der Waals surface area contributed by atoms with Gasteiger partial charge < -0.3 is 9.88 Å². The van der Waals surface area contributed by atoms with E-state index in [1.54, 1.807) is 6.20 Å². The molecule has 1 N–H and O–H groups in total. The van der Waals surface area contributed by atoms with Gasteiger partial charge in [0.2, 0.25) is 0 Å². The minimum absolute atomic E-state index is 0.557. The summed E-state index contributed by atoms with van der Waals surface area (Å²) in [5.74, 6) is 0. The molecule has 1 aromatic carbocycles. The van der Waals surface area contributed by atoms with Crippen LogP contribution >= 0.6 is 11.6 Å². The number of halogens is 1. The summed E-state index contributed by atoms with van der Waals surface area (Å²) < 4.78 is 2.24. The van der Waals surface area contributed by atoms with Crippen LogP contribution in [0.15, 0.2) is 36.5 Å². The largest absolute Gasteiger partial charge is 0.378 e. The molecule has 0 atom stereocenters. The molecule has 2 aromatic heterocycles. The lowest BCUT2D eigenvalue weighted by Crippen LogP contribution is -2.06. The van der Waals surface area contributed by atoms with Crippen LogP contribution in [0.3, 0.4) is 0 Å². The first-order valence-electron chi connectivity index (χ1n) is 6.97. The summed E-state index contributed by atoms with van der Waals surface area (Å²) in [6.07, 6.45) is 1.77. The lowest BCUT2D eigenvalue weighted by atomic mass is 10.1. The summed E-state index contributed by atoms with van der Waals surface area (Å²) in [5, 5.41) is 5.29. The molecule has 0 amide bonds. The second-order valence-electron chi connectivity index (χ2n) is 5.33. The van der Waals surface area contributed by atoms with Gasteiger partial charge in [0.15, 0.2) is 0 Å². The van der Waals surface area contributed by atoms with E-state index < -0.39 is 0 Å². The number of nitrogens with zero attached hydrogens (tertiary/aromatic N) is 2. The van der Waals surface area contributed by atoms with E-state index in [1.807, 2.05) is 13.0 Å². The molecule has 4 heteroatoms. The number of para-hydroxylation sites is 1. The standard InChI is InChI=1S/C17H18ClN3/c1-11-8-13(9-20-17(11)18)19-10-16-12(2)14-6-4-5-7-15(14)21(16)3/h4-9,19H,10H2,1-3H3. The van der Waals surface area contributed by atoms with Gasteiger partial charge in [-0.3, -0.25) is 0 Å². The van der Waals surface area contributed by atoms with E-state index in [2.05, 4.69) is 53.1 Å². The van der Waals surface area contributed by atoms with Crippen molar-refractivity contribution in [2.45, 2.75) is 20.4 Å². The second kappa shape index (κ2) is 5.41. The number of aromatic nitrogens is 2. The van der Waals surface area contributed by atoms with Crippen molar-refractivity contribution in [3.05, 3.63) is 58.5 Å². The third-order valence-corrected chi connectivity index (χ3v) is 4.38. The van der Waals surface area contributed by atoms with Crippen molar-refractivity contribution < 1.29 is 0 Å². The van der Waals surface area contributed by atoms with Crippen LogP contribution in [0.1, 0.15) is 16.8 Å². The zero-order chi connectivity index (χ0) is 15.0. The van der Waals surface area contributed by atoms with E-state index in [0.717, 1.165) is 17.8 Å². The highest BCUT2D eigenvalue weighted by molar-refractivity contribution is 6.30. The molecule has 3 nitrogen and oxygen atoms in total. The minimum Gasteiger partial charge on any atom is -0.378 e. The predicted octanol–water partition coefficient (Wildman–Crippen LogP) is 4.46. The maximum atomic E-state index is 5.96. The molecule has 108 valence electrons. The lowest BCUT2D eigenvalue weighted by Gasteiger charge is -2.10. The molecule has 0 bridgehead atoms. The third kappa shape index (κ3) is 2.49. The summed E-state index contributed by atoms with van der Waals surface area (Å²) in [7, 11) is 2.11. The van der Waals surface area contributed by atoms with E-state index in [1.165, 1.54) is 22.2 Å². The molecular weight excluding hydrogens is 282 g/mol. The quantitative estimate of drug-likeness (QED) is 0.724. The van der Waals surface area contributed by atoms with Gasteiger partial charge in [-0.1, -0.05) is 29.8 Å². The fourth-order valence-electron chi connectivity index (χ4n) is 2.73.